The summed E-state index contributed by atoms with van der Waals surface area (Å²) < 4.78 is 0. The number of benzene rings is 2. The van der Waals surface area contributed by atoms with E-state index in [0.29, 0.717) is 18.3 Å². The number of likely N-dealkylation sites (tertiary alicyclic amines) is 1. The first kappa shape index (κ1) is 15.8. The Morgan fingerprint density at radius 2 is 1.56 bits per heavy atom. The molecule has 128 valence electrons. The zero-order valence-electron chi connectivity index (χ0n) is 14.1. The molecule has 0 unspecified atom stereocenters. The van der Waals surface area contributed by atoms with Crippen LogP contribution >= 0.6 is 0 Å². The van der Waals surface area contributed by atoms with Crippen molar-refractivity contribution in [2.75, 3.05) is 24.6 Å². The molecule has 1 fully saturated rings. The molecular formula is C19H22N6. The van der Waals surface area contributed by atoms with Crippen LogP contribution in [0, 0.1) is 0 Å². The summed E-state index contributed by atoms with van der Waals surface area (Å²) in [5.41, 5.74) is 12.8. The first-order valence-corrected chi connectivity index (χ1v) is 8.65. The average molecular weight is 334 g/mol. The number of nitrogen functional groups attached to an aromatic ring is 2. The molecule has 0 spiro atoms. The second-order valence-corrected chi connectivity index (χ2v) is 6.59. The fourth-order valence-electron chi connectivity index (χ4n) is 3.74. The molecule has 6 nitrogen and oxygen atoms in total. The predicted molar refractivity (Wildman–Crippen MR) is 99.9 cm³/mol. The summed E-state index contributed by atoms with van der Waals surface area (Å²) in [7, 11) is 0. The highest BCUT2D eigenvalue weighted by molar-refractivity contribution is 5.86. The lowest BCUT2D eigenvalue weighted by molar-refractivity contribution is 0.200. The van der Waals surface area contributed by atoms with E-state index >= 15 is 0 Å². The first-order valence-electron chi connectivity index (χ1n) is 8.65. The van der Waals surface area contributed by atoms with Crippen molar-refractivity contribution in [2.45, 2.75) is 25.3 Å². The molecule has 6 heteroatoms. The maximum atomic E-state index is 5.65. The quantitative estimate of drug-likeness (QED) is 0.764. The third-order valence-corrected chi connectivity index (χ3v) is 4.93. The number of fused-ring (bicyclic) bond motifs is 1. The van der Waals surface area contributed by atoms with E-state index in [-0.39, 0.29) is 11.9 Å². The van der Waals surface area contributed by atoms with E-state index in [1.165, 1.54) is 16.3 Å². The molecule has 1 aliphatic rings. The fourth-order valence-corrected chi connectivity index (χ4v) is 3.74. The standard InChI is InChI=1S/C19H22N6/c20-18-22-17(23-19(21)24-18)12-25-10-8-14(9-11-25)16-7-3-5-13-4-1-2-6-15(13)16/h1-7,14H,8-12H2,(H4,20,21,22,23,24). The van der Waals surface area contributed by atoms with Crippen LogP contribution in [0.4, 0.5) is 11.9 Å². The van der Waals surface area contributed by atoms with Crippen LogP contribution in [0.5, 0.6) is 0 Å². The zero-order chi connectivity index (χ0) is 17.2. The van der Waals surface area contributed by atoms with Gasteiger partial charge >= 0.3 is 0 Å². The van der Waals surface area contributed by atoms with Crippen molar-refractivity contribution in [3.05, 3.63) is 53.9 Å². The number of rotatable bonds is 3. The minimum absolute atomic E-state index is 0.188. The van der Waals surface area contributed by atoms with Crippen LogP contribution in [0.25, 0.3) is 10.8 Å². The summed E-state index contributed by atoms with van der Waals surface area (Å²) in [6.07, 6.45) is 2.26. The Hall–Kier alpha value is -2.73. The second kappa shape index (κ2) is 6.64. The van der Waals surface area contributed by atoms with Gasteiger partial charge in [-0.25, -0.2) is 0 Å². The molecule has 2 heterocycles. The largest absolute Gasteiger partial charge is 0.368 e. The molecule has 0 saturated carbocycles. The molecule has 0 atom stereocenters. The van der Waals surface area contributed by atoms with Crippen molar-refractivity contribution in [1.29, 1.82) is 0 Å². The maximum Gasteiger partial charge on any atom is 0.225 e. The molecule has 4 N–H and O–H groups in total. The van der Waals surface area contributed by atoms with E-state index in [1.54, 1.807) is 0 Å². The first-order chi connectivity index (χ1) is 12.2. The Bertz CT molecular complexity index is 860. The summed E-state index contributed by atoms with van der Waals surface area (Å²) in [6.45, 7) is 2.69. The van der Waals surface area contributed by atoms with Crippen LogP contribution in [0.1, 0.15) is 30.1 Å². The van der Waals surface area contributed by atoms with Gasteiger partial charge in [-0.05, 0) is 48.2 Å². The summed E-state index contributed by atoms with van der Waals surface area (Å²) in [4.78, 5) is 14.5. The van der Waals surface area contributed by atoms with E-state index in [4.69, 9.17) is 11.5 Å². The van der Waals surface area contributed by atoms with Gasteiger partial charge in [0.15, 0.2) is 0 Å². The highest BCUT2D eigenvalue weighted by atomic mass is 15.2. The summed E-state index contributed by atoms with van der Waals surface area (Å²) in [5, 5.41) is 2.69. The van der Waals surface area contributed by atoms with Crippen molar-refractivity contribution in [2.24, 2.45) is 0 Å². The molecule has 0 aliphatic carbocycles. The third-order valence-electron chi connectivity index (χ3n) is 4.93. The zero-order valence-corrected chi connectivity index (χ0v) is 14.1. The molecule has 0 amide bonds. The summed E-state index contributed by atoms with van der Waals surface area (Å²) in [6, 6.07) is 15.3. The SMILES string of the molecule is Nc1nc(N)nc(CN2CCC(c3cccc4ccccc34)CC2)n1. The maximum absolute atomic E-state index is 5.65. The highest BCUT2D eigenvalue weighted by Crippen LogP contribution is 2.33. The van der Waals surface area contributed by atoms with Gasteiger partial charge in [-0.2, -0.15) is 15.0 Å². The second-order valence-electron chi connectivity index (χ2n) is 6.59. The minimum atomic E-state index is 0.188. The van der Waals surface area contributed by atoms with Gasteiger partial charge in [-0.15, -0.1) is 0 Å². The molecule has 3 aromatic rings. The van der Waals surface area contributed by atoms with Crippen molar-refractivity contribution >= 4 is 22.7 Å². The lowest BCUT2D eigenvalue weighted by atomic mass is 9.86. The molecule has 1 aromatic heterocycles. The van der Waals surface area contributed by atoms with Gasteiger partial charge in [0.1, 0.15) is 5.82 Å². The third kappa shape index (κ3) is 3.39. The molecule has 25 heavy (non-hydrogen) atoms. The van der Waals surface area contributed by atoms with Gasteiger partial charge in [0, 0.05) is 0 Å². The molecule has 1 aliphatic heterocycles. The summed E-state index contributed by atoms with van der Waals surface area (Å²) in [5.74, 6) is 1.62. The van der Waals surface area contributed by atoms with E-state index in [9.17, 15) is 0 Å². The topological polar surface area (TPSA) is 93.9 Å². The van der Waals surface area contributed by atoms with Gasteiger partial charge < -0.3 is 11.5 Å². The number of anilines is 2. The molecule has 2 aromatic carbocycles. The van der Waals surface area contributed by atoms with Crippen LogP contribution in [0.2, 0.25) is 0 Å². The van der Waals surface area contributed by atoms with Gasteiger partial charge in [-0.3, -0.25) is 4.90 Å². The van der Waals surface area contributed by atoms with Crippen molar-refractivity contribution < 1.29 is 0 Å². The molecule has 0 bridgehead atoms. The number of hydrogen-bond donors (Lipinski definition) is 2. The van der Waals surface area contributed by atoms with Crippen molar-refractivity contribution in [3.63, 3.8) is 0 Å². The Morgan fingerprint density at radius 3 is 2.32 bits per heavy atom. The van der Waals surface area contributed by atoms with E-state index in [1.807, 2.05) is 0 Å². The Kier molecular flexibility index (Phi) is 4.19. The lowest BCUT2D eigenvalue weighted by Gasteiger charge is -2.32. The molecule has 4 rings (SSSR count). The van der Waals surface area contributed by atoms with Crippen molar-refractivity contribution in [3.8, 4) is 0 Å². The fraction of sp³-hybridized carbons (Fsp3) is 0.316. The number of nitrogens with two attached hydrogens (primary N) is 2. The van der Waals surface area contributed by atoms with Gasteiger partial charge in [0.25, 0.3) is 0 Å². The van der Waals surface area contributed by atoms with Crippen LogP contribution in [-0.2, 0) is 6.54 Å². The molecule has 0 radical (unpaired) electrons. The summed E-state index contributed by atoms with van der Waals surface area (Å²) >= 11 is 0. The number of nitrogens with zero attached hydrogens (tertiary/aromatic N) is 4. The van der Waals surface area contributed by atoms with Gasteiger partial charge in [0.05, 0.1) is 6.54 Å². The van der Waals surface area contributed by atoms with Gasteiger partial charge in [-0.1, -0.05) is 42.5 Å². The smallest absolute Gasteiger partial charge is 0.225 e. The van der Waals surface area contributed by atoms with E-state index in [2.05, 4.69) is 62.3 Å². The van der Waals surface area contributed by atoms with E-state index < -0.39 is 0 Å². The van der Waals surface area contributed by atoms with Crippen LogP contribution in [0.3, 0.4) is 0 Å². The van der Waals surface area contributed by atoms with Crippen LogP contribution < -0.4 is 11.5 Å². The van der Waals surface area contributed by atoms with Crippen molar-refractivity contribution in [1.82, 2.24) is 19.9 Å². The monoisotopic (exact) mass is 334 g/mol. The number of piperidine rings is 1. The number of aromatic nitrogens is 3. The molecule has 1 saturated heterocycles. The van der Waals surface area contributed by atoms with Crippen LogP contribution in [-0.4, -0.2) is 32.9 Å². The Labute approximate surface area is 146 Å². The predicted octanol–water partition coefficient (Wildman–Crippen LogP) is 2.57. The lowest BCUT2D eigenvalue weighted by Crippen LogP contribution is -2.33. The van der Waals surface area contributed by atoms with Gasteiger partial charge in [0.2, 0.25) is 11.9 Å². The van der Waals surface area contributed by atoms with Crippen LogP contribution in [0.15, 0.2) is 42.5 Å². The normalized spacial score (nSPS) is 16.3. The average Bonchev–Trinajstić information content (AvgIpc) is 2.61. The highest BCUT2D eigenvalue weighted by Gasteiger charge is 2.22. The number of hydrogen-bond acceptors (Lipinski definition) is 6. The minimum Gasteiger partial charge on any atom is -0.368 e. The Morgan fingerprint density at radius 1 is 0.880 bits per heavy atom. The molecular weight excluding hydrogens is 312 g/mol. The Balaban J connectivity index is 1.46. The van der Waals surface area contributed by atoms with E-state index in [0.717, 1.165) is 25.9 Å².